The van der Waals surface area contributed by atoms with Gasteiger partial charge in [-0.25, -0.2) is 9.79 Å². The van der Waals surface area contributed by atoms with Crippen molar-refractivity contribution in [2.75, 3.05) is 20.8 Å². The third kappa shape index (κ3) is 4.52. The van der Waals surface area contributed by atoms with E-state index in [1.807, 2.05) is 30.3 Å². The summed E-state index contributed by atoms with van der Waals surface area (Å²) in [6, 6.07) is 12.7. The van der Waals surface area contributed by atoms with Crippen molar-refractivity contribution in [3.05, 3.63) is 59.3 Å². The first-order valence-electron chi connectivity index (χ1n) is 8.98. The van der Waals surface area contributed by atoms with Gasteiger partial charge in [-0.2, -0.15) is 0 Å². The molecule has 0 bridgehead atoms. The number of hydrogen-bond acceptors (Lipinski definition) is 6. The molecule has 0 spiro atoms. The highest BCUT2D eigenvalue weighted by molar-refractivity contribution is 6.13. The van der Waals surface area contributed by atoms with Gasteiger partial charge in [-0.3, -0.25) is 0 Å². The zero-order valence-electron chi connectivity index (χ0n) is 16.4. The number of esters is 1. The Morgan fingerprint density at radius 1 is 1.07 bits per heavy atom. The quantitative estimate of drug-likeness (QED) is 0.534. The summed E-state index contributed by atoms with van der Waals surface area (Å²) < 4.78 is 21.7. The number of nitrogens with zero attached hydrogens (tertiary/aromatic N) is 1. The number of benzene rings is 2. The summed E-state index contributed by atoms with van der Waals surface area (Å²) in [6.07, 6.45) is 1.66. The Morgan fingerprint density at radius 3 is 2.61 bits per heavy atom. The molecule has 0 unspecified atom stereocenters. The molecule has 0 saturated carbocycles. The van der Waals surface area contributed by atoms with Crippen molar-refractivity contribution in [1.82, 2.24) is 0 Å². The van der Waals surface area contributed by atoms with Crippen LogP contribution in [0.5, 0.6) is 17.2 Å². The molecule has 0 aromatic heterocycles. The van der Waals surface area contributed by atoms with E-state index in [4.69, 9.17) is 18.9 Å². The van der Waals surface area contributed by atoms with Crippen molar-refractivity contribution in [3.63, 3.8) is 0 Å². The van der Waals surface area contributed by atoms with E-state index in [2.05, 4.69) is 18.8 Å². The lowest BCUT2D eigenvalue weighted by Crippen LogP contribution is -2.06. The third-order valence-electron chi connectivity index (χ3n) is 4.00. The average molecular weight is 381 g/mol. The number of carbonyl (C=O) groups excluding carboxylic acids is 1. The van der Waals surface area contributed by atoms with Crippen molar-refractivity contribution >= 4 is 17.9 Å². The molecule has 6 heteroatoms. The summed E-state index contributed by atoms with van der Waals surface area (Å²) in [5.74, 6) is 2.05. The van der Waals surface area contributed by atoms with Gasteiger partial charge >= 0.3 is 5.97 Å². The monoisotopic (exact) mass is 381 g/mol. The Bertz CT molecular complexity index is 930. The molecule has 1 aliphatic heterocycles. The van der Waals surface area contributed by atoms with Gasteiger partial charge in [-0.15, -0.1) is 0 Å². The lowest BCUT2D eigenvalue weighted by molar-refractivity contribution is -0.129. The van der Waals surface area contributed by atoms with Gasteiger partial charge in [-0.05, 0) is 47.9 Å². The second-order valence-corrected chi connectivity index (χ2v) is 6.68. The zero-order valence-corrected chi connectivity index (χ0v) is 16.4. The zero-order chi connectivity index (χ0) is 20.1. The molecule has 2 aromatic carbocycles. The molecule has 0 amide bonds. The van der Waals surface area contributed by atoms with Crippen LogP contribution < -0.4 is 14.2 Å². The molecule has 3 rings (SSSR count). The maximum Gasteiger partial charge on any atom is 0.363 e. The molecule has 146 valence electrons. The van der Waals surface area contributed by atoms with Crippen molar-refractivity contribution in [2.45, 2.75) is 13.8 Å². The fourth-order valence-corrected chi connectivity index (χ4v) is 2.60. The highest BCUT2D eigenvalue weighted by Gasteiger charge is 2.24. The Balaban J connectivity index is 1.88. The first kappa shape index (κ1) is 19.5. The third-order valence-corrected chi connectivity index (χ3v) is 4.00. The van der Waals surface area contributed by atoms with Crippen LogP contribution in [0.1, 0.15) is 25.0 Å². The Labute approximate surface area is 164 Å². The van der Waals surface area contributed by atoms with Crippen LogP contribution in [-0.2, 0) is 9.53 Å². The molecule has 1 aliphatic rings. The maximum absolute atomic E-state index is 12.2. The van der Waals surface area contributed by atoms with Crippen LogP contribution in [0.3, 0.4) is 0 Å². The molecule has 0 fully saturated rings. The molecule has 0 radical (unpaired) electrons. The standard InChI is InChI=1S/C22H23NO5/c1-14(2)13-27-20-11-15(8-9-19(20)26-4)10-18-22(24)28-21(23-18)16-6-5-7-17(12-16)25-3/h5-12,14H,13H2,1-4H3/b18-10-. The largest absolute Gasteiger partial charge is 0.497 e. The number of methoxy groups -OCH3 is 2. The first-order chi connectivity index (χ1) is 13.5. The molecule has 6 nitrogen and oxygen atoms in total. The Morgan fingerprint density at radius 2 is 1.89 bits per heavy atom. The summed E-state index contributed by atoms with van der Waals surface area (Å²) in [5, 5.41) is 0. The van der Waals surface area contributed by atoms with Crippen molar-refractivity contribution < 1.29 is 23.7 Å². The van der Waals surface area contributed by atoms with E-state index in [1.54, 1.807) is 32.4 Å². The molecule has 0 N–H and O–H groups in total. The first-order valence-corrected chi connectivity index (χ1v) is 8.98. The number of cyclic esters (lactones) is 1. The van der Waals surface area contributed by atoms with Crippen LogP contribution in [0, 0.1) is 5.92 Å². The van der Waals surface area contributed by atoms with Gasteiger partial charge < -0.3 is 18.9 Å². The number of aliphatic imine (C=N–C) groups is 1. The minimum atomic E-state index is -0.502. The van der Waals surface area contributed by atoms with E-state index in [0.717, 1.165) is 5.56 Å². The lowest BCUT2D eigenvalue weighted by atomic mass is 10.1. The minimum Gasteiger partial charge on any atom is -0.497 e. The number of rotatable bonds is 7. The van der Waals surface area contributed by atoms with E-state index in [1.165, 1.54) is 0 Å². The highest BCUT2D eigenvalue weighted by atomic mass is 16.6. The molecular formula is C22H23NO5. The van der Waals surface area contributed by atoms with Crippen molar-refractivity contribution in [1.29, 1.82) is 0 Å². The maximum atomic E-state index is 12.2. The predicted molar refractivity (Wildman–Crippen MR) is 107 cm³/mol. The van der Waals surface area contributed by atoms with Crippen LogP contribution in [0.15, 0.2) is 53.2 Å². The Hall–Kier alpha value is -3.28. The molecule has 28 heavy (non-hydrogen) atoms. The fraction of sp³-hybridized carbons (Fsp3) is 0.273. The second-order valence-electron chi connectivity index (χ2n) is 6.68. The summed E-state index contributed by atoms with van der Waals surface area (Å²) in [5.41, 5.74) is 1.66. The van der Waals surface area contributed by atoms with Crippen molar-refractivity contribution in [2.24, 2.45) is 10.9 Å². The second kappa shape index (κ2) is 8.61. The van der Waals surface area contributed by atoms with Crippen molar-refractivity contribution in [3.8, 4) is 17.2 Å². The Kier molecular flexibility index (Phi) is 5.99. The molecule has 2 aromatic rings. The number of carbonyl (C=O) groups is 1. The van der Waals surface area contributed by atoms with Gasteiger partial charge in [0, 0.05) is 5.56 Å². The normalized spacial score (nSPS) is 14.8. The van der Waals surface area contributed by atoms with Crippen LogP contribution in [0.2, 0.25) is 0 Å². The highest BCUT2D eigenvalue weighted by Crippen LogP contribution is 2.30. The molecule has 0 saturated heterocycles. The van der Waals surface area contributed by atoms with Gasteiger partial charge in [0.25, 0.3) is 0 Å². The predicted octanol–water partition coefficient (Wildman–Crippen LogP) is 4.08. The number of ether oxygens (including phenoxy) is 4. The smallest absolute Gasteiger partial charge is 0.363 e. The summed E-state index contributed by atoms with van der Waals surface area (Å²) in [6.45, 7) is 4.71. The molecule has 0 atom stereocenters. The van der Waals surface area contributed by atoms with E-state index in [0.29, 0.717) is 35.3 Å². The molecule has 1 heterocycles. The lowest BCUT2D eigenvalue weighted by Gasteiger charge is -2.13. The van der Waals surface area contributed by atoms with E-state index in [-0.39, 0.29) is 11.6 Å². The van der Waals surface area contributed by atoms with E-state index in [9.17, 15) is 4.79 Å². The fourth-order valence-electron chi connectivity index (χ4n) is 2.60. The van der Waals surface area contributed by atoms with Gasteiger partial charge in [0.2, 0.25) is 5.90 Å². The summed E-state index contributed by atoms with van der Waals surface area (Å²) >= 11 is 0. The van der Waals surface area contributed by atoms with Crippen LogP contribution in [0.4, 0.5) is 0 Å². The van der Waals surface area contributed by atoms with Crippen LogP contribution in [0.25, 0.3) is 6.08 Å². The van der Waals surface area contributed by atoms with E-state index < -0.39 is 5.97 Å². The summed E-state index contributed by atoms with van der Waals surface area (Å²) in [7, 11) is 3.17. The van der Waals surface area contributed by atoms with E-state index >= 15 is 0 Å². The van der Waals surface area contributed by atoms with Crippen LogP contribution in [-0.4, -0.2) is 32.7 Å². The molecule has 0 aliphatic carbocycles. The average Bonchev–Trinajstić information content (AvgIpc) is 3.07. The summed E-state index contributed by atoms with van der Waals surface area (Å²) in [4.78, 5) is 16.6. The topological polar surface area (TPSA) is 66.3 Å². The van der Waals surface area contributed by atoms with Gasteiger partial charge in [0.15, 0.2) is 17.2 Å². The van der Waals surface area contributed by atoms with Gasteiger partial charge in [0.1, 0.15) is 5.75 Å². The van der Waals surface area contributed by atoms with Crippen LogP contribution >= 0.6 is 0 Å². The number of hydrogen-bond donors (Lipinski definition) is 0. The molecular weight excluding hydrogens is 358 g/mol. The van der Waals surface area contributed by atoms with Gasteiger partial charge in [-0.1, -0.05) is 26.0 Å². The van der Waals surface area contributed by atoms with Gasteiger partial charge in [0.05, 0.1) is 20.8 Å². The minimum absolute atomic E-state index is 0.220. The SMILES string of the molecule is COc1cccc(C2=N/C(=C\c3ccc(OC)c(OCC(C)C)c3)C(=O)O2)c1.